The maximum absolute atomic E-state index is 11.9. The molecule has 0 bridgehead atoms. The number of rotatable bonds is 11. The molecule has 0 saturated heterocycles. The number of hydrogen-bond acceptors (Lipinski definition) is 5. The Balaban J connectivity index is 1.76. The minimum absolute atomic E-state index is 0.0170. The molecule has 1 N–H and O–H groups in total. The van der Waals surface area contributed by atoms with Gasteiger partial charge < -0.3 is 14.6 Å². The van der Waals surface area contributed by atoms with Crippen LogP contribution in [0.4, 0.5) is 0 Å². The van der Waals surface area contributed by atoms with Crippen molar-refractivity contribution in [3.05, 3.63) is 35.1 Å². The molecule has 26 heavy (non-hydrogen) atoms. The third-order valence-corrected chi connectivity index (χ3v) is 5.14. The average molecular weight is 397 g/mol. The lowest BCUT2D eigenvalue weighted by molar-refractivity contribution is -0.118. The van der Waals surface area contributed by atoms with Gasteiger partial charge in [-0.05, 0) is 18.6 Å². The number of hydrogen-bond donors (Lipinski definition) is 1. The Bertz CT molecular complexity index is 708. The van der Waals surface area contributed by atoms with Crippen LogP contribution in [0.2, 0.25) is 5.02 Å². The number of nitrogens with zero attached hydrogens (tertiary/aromatic N) is 3. The van der Waals surface area contributed by atoms with Gasteiger partial charge in [-0.15, -0.1) is 10.2 Å². The summed E-state index contributed by atoms with van der Waals surface area (Å²) in [6.45, 7) is 3.16. The van der Waals surface area contributed by atoms with Crippen LogP contribution in [0.3, 0.4) is 0 Å². The SMILES string of the molecule is CCCCCCNC(=O)CSc1nnc(COc2ccccc2Cl)n1C. The van der Waals surface area contributed by atoms with Gasteiger partial charge in [0.2, 0.25) is 5.91 Å². The van der Waals surface area contributed by atoms with Gasteiger partial charge in [-0.3, -0.25) is 4.79 Å². The van der Waals surface area contributed by atoms with Crippen molar-refractivity contribution in [1.29, 1.82) is 0 Å². The monoisotopic (exact) mass is 396 g/mol. The number of carbonyl (C=O) groups is 1. The highest BCUT2D eigenvalue weighted by molar-refractivity contribution is 7.99. The Morgan fingerprint density at radius 1 is 1.27 bits per heavy atom. The van der Waals surface area contributed by atoms with E-state index in [1.54, 1.807) is 12.1 Å². The predicted octanol–water partition coefficient (Wildman–Crippen LogP) is 3.84. The molecule has 2 aromatic rings. The van der Waals surface area contributed by atoms with E-state index < -0.39 is 0 Å². The lowest BCUT2D eigenvalue weighted by atomic mass is 10.2. The van der Waals surface area contributed by atoms with Gasteiger partial charge in [-0.25, -0.2) is 0 Å². The van der Waals surface area contributed by atoms with E-state index in [2.05, 4.69) is 22.4 Å². The molecular weight excluding hydrogens is 372 g/mol. The molecule has 1 heterocycles. The van der Waals surface area contributed by atoms with Crippen molar-refractivity contribution in [3.8, 4) is 5.75 Å². The minimum Gasteiger partial charge on any atom is -0.484 e. The van der Waals surface area contributed by atoms with Crippen LogP contribution in [0, 0.1) is 0 Å². The summed E-state index contributed by atoms with van der Waals surface area (Å²) in [6, 6.07) is 7.29. The van der Waals surface area contributed by atoms with E-state index >= 15 is 0 Å². The normalized spacial score (nSPS) is 10.7. The topological polar surface area (TPSA) is 69.0 Å². The van der Waals surface area contributed by atoms with Crippen LogP contribution >= 0.6 is 23.4 Å². The van der Waals surface area contributed by atoms with Crippen molar-refractivity contribution in [2.75, 3.05) is 12.3 Å². The van der Waals surface area contributed by atoms with Gasteiger partial charge in [0.05, 0.1) is 10.8 Å². The third kappa shape index (κ3) is 6.53. The van der Waals surface area contributed by atoms with Crippen LogP contribution in [0.25, 0.3) is 0 Å². The first-order valence-corrected chi connectivity index (χ1v) is 10.1. The van der Waals surface area contributed by atoms with E-state index in [0.717, 1.165) is 19.4 Å². The van der Waals surface area contributed by atoms with E-state index in [1.807, 2.05) is 23.7 Å². The maximum Gasteiger partial charge on any atom is 0.230 e. The van der Waals surface area contributed by atoms with Crippen molar-refractivity contribution < 1.29 is 9.53 Å². The standard InChI is InChI=1S/C18H25ClN4O2S/c1-3-4-5-8-11-20-17(24)13-26-18-22-21-16(23(18)2)12-25-15-10-7-6-9-14(15)19/h6-7,9-10H,3-5,8,11-13H2,1-2H3,(H,20,24). The zero-order valence-electron chi connectivity index (χ0n) is 15.2. The molecule has 0 unspecified atom stereocenters. The summed E-state index contributed by atoms with van der Waals surface area (Å²) in [5.74, 6) is 1.62. The Morgan fingerprint density at radius 3 is 2.85 bits per heavy atom. The summed E-state index contributed by atoms with van der Waals surface area (Å²) in [4.78, 5) is 11.9. The van der Waals surface area contributed by atoms with Crippen LogP contribution in [-0.2, 0) is 18.4 Å². The Kier molecular flexibility index (Phi) is 8.77. The molecule has 6 nitrogen and oxygen atoms in total. The predicted molar refractivity (Wildman–Crippen MR) is 105 cm³/mol. The number of para-hydroxylation sites is 1. The highest BCUT2D eigenvalue weighted by Crippen LogP contribution is 2.24. The smallest absolute Gasteiger partial charge is 0.230 e. The molecule has 0 saturated carbocycles. The van der Waals surface area contributed by atoms with Crippen LogP contribution < -0.4 is 10.1 Å². The highest BCUT2D eigenvalue weighted by Gasteiger charge is 2.12. The maximum atomic E-state index is 11.9. The van der Waals surface area contributed by atoms with Gasteiger partial charge in [-0.2, -0.15) is 0 Å². The van der Waals surface area contributed by atoms with E-state index in [0.29, 0.717) is 27.5 Å². The number of nitrogens with one attached hydrogen (secondary N) is 1. The fourth-order valence-electron chi connectivity index (χ4n) is 2.26. The number of ether oxygens (including phenoxy) is 1. The number of halogens is 1. The molecule has 1 aromatic heterocycles. The summed E-state index contributed by atoms with van der Waals surface area (Å²) >= 11 is 7.44. The fraction of sp³-hybridized carbons (Fsp3) is 0.500. The van der Waals surface area contributed by atoms with E-state index in [4.69, 9.17) is 16.3 Å². The van der Waals surface area contributed by atoms with E-state index in [9.17, 15) is 4.79 Å². The van der Waals surface area contributed by atoms with Gasteiger partial charge in [0, 0.05) is 13.6 Å². The molecule has 0 radical (unpaired) electrons. The lowest BCUT2D eigenvalue weighted by Gasteiger charge is -2.08. The van der Waals surface area contributed by atoms with Crippen LogP contribution in [0.15, 0.2) is 29.4 Å². The molecule has 2 rings (SSSR count). The number of amides is 1. The molecule has 0 spiro atoms. The van der Waals surface area contributed by atoms with Gasteiger partial charge in [-0.1, -0.05) is 61.7 Å². The average Bonchev–Trinajstić information content (AvgIpc) is 2.99. The van der Waals surface area contributed by atoms with Gasteiger partial charge in [0.15, 0.2) is 11.0 Å². The summed E-state index contributed by atoms with van der Waals surface area (Å²) < 4.78 is 7.51. The number of unbranched alkanes of at least 4 members (excludes halogenated alkanes) is 3. The largest absolute Gasteiger partial charge is 0.484 e. The van der Waals surface area contributed by atoms with Gasteiger partial charge >= 0.3 is 0 Å². The number of aromatic nitrogens is 3. The Labute approximate surface area is 163 Å². The quantitative estimate of drug-likeness (QED) is 0.461. The third-order valence-electron chi connectivity index (χ3n) is 3.80. The second-order valence-corrected chi connectivity index (χ2v) is 7.23. The first-order valence-electron chi connectivity index (χ1n) is 8.77. The molecule has 1 aromatic carbocycles. The molecule has 0 aliphatic heterocycles. The zero-order chi connectivity index (χ0) is 18.8. The van der Waals surface area contributed by atoms with Crippen LogP contribution in [0.5, 0.6) is 5.75 Å². The summed E-state index contributed by atoms with van der Waals surface area (Å²) in [6.07, 6.45) is 4.58. The Morgan fingerprint density at radius 2 is 2.08 bits per heavy atom. The summed E-state index contributed by atoms with van der Waals surface area (Å²) in [5, 5.41) is 12.4. The molecular formula is C18H25ClN4O2S. The van der Waals surface area contributed by atoms with Crippen molar-refractivity contribution in [3.63, 3.8) is 0 Å². The van der Waals surface area contributed by atoms with Crippen molar-refractivity contribution in [2.45, 2.75) is 44.4 Å². The van der Waals surface area contributed by atoms with E-state index in [-0.39, 0.29) is 12.5 Å². The number of thioether (sulfide) groups is 1. The summed E-state index contributed by atoms with van der Waals surface area (Å²) in [7, 11) is 1.86. The van der Waals surface area contributed by atoms with Gasteiger partial charge in [0.25, 0.3) is 0 Å². The van der Waals surface area contributed by atoms with Gasteiger partial charge in [0.1, 0.15) is 12.4 Å². The summed E-state index contributed by atoms with van der Waals surface area (Å²) in [5.41, 5.74) is 0. The number of benzene rings is 1. The van der Waals surface area contributed by atoms with Crippen molar-refractivity contribution >= 4 is 29.3 Å². The molecule has 8 heteroatoms. The second-order valence-electron chi connectivity index (χ2n) is 5.88. The first kappa shape index (κ1) is 20.6. The molecule has 0 aliphatic carbocycles. The van der Waals surface area contributed by atoms with E-state index in [1.165, 1.54) is 24.6 Å². The molecule has 0 aliphatic rings. The highest BCUT2D eigenvalue weighted by atomic mass is 35.5. The first-order chi connectivity index (χ1) is 12.6. The van der Waals surface area contributed by atoms with Crippen LogP contribution in [-0.4, -0.2) is 33.0 Å². The fourth-order valence-corrected chi connectivity index (χ4v) is 3.21. The minimum atomic E-state index is 0.0170. The number of carbonyl (C=O) groups excluding carboxylic acids is 1. The molecule has 0 fully saturated rings. The van der Waals surface area contributed by atoms with Crippen LogP contribution in [0.1, 0.15) is 38.4 Å². The Hall–Kier alpha value is -1.73. The lowest BCUT2D eigenvalue weighted by Crippen LogP contribution is -2.26. The zero-order valence-corrected chi connectivity index (χ0v) is 16.8. The second kappa shape index (κ2) is 11.1. The van der Waals surface area contributed by atoms with Crippen molar-refractivity contribution in [1.82, 2.24) is 20.1 Å². The molecule has 0 atom stereocenters. The molecule has 142 valence electrons. The van der Waals surface area contributed by atoms with Crippen molar-refractivity contribution in [2.24, 2.45) is 7.05 Å². The molecule has 1 amide bonds.